The molecule has 0 atom stereocenters. The van der Waals surface area contributed by atoms with Crippen molar-refractivity contribution in [3.05, 3.63) is 23.8 Å². The van der Waals surface area contributed by atoms with Crippen LogP contribution in [0.5, 0.6) is 5.75 Å². The van der Waals surface area contributed by atoms with Gasteiger partial charge in [-0.15, -0.1) is 0 Å². The Hall–Kier alpha value is -2.28. The van der Waals surface area contributed by atoms with Crippen LogP contribution in [-0.2, 0) is 16.0 Å². The number of nitrogens with one attached hydrogen (secondary N) is 1. The second-order valence-electron chi connectivity index (χ2n) is 8.31. The molecule has 7 heteroatoms. The zero-order valence-electron chi connectivity index (χ0n) is 17.8. The average molecular weight is 404 g/mol. The number of hydrogen-bond acceptors (Lipinski definition) is 5. The number of piperidine rings is 1. The number of hydrogen-bond donors (Lipinski definition) is 1. The van der Waals surface area contributed by atoms with E-state index in [1.807, 2.05) is 39.1 Å². The van der Waals surface area contributed by atoms with Gasteiger partial charge in [-0.3, -0.25) is 9.69 Å². The number of likely N-dealkylation sites (tertiary alicyclic amines) is 1. The lowest BCUT2D eigenvalue weighted by atomic mass is 10.0. The minimum atomic E-state index is -0.308. The molecule has 2 amide bonds. The van der Waals surface area contributed by atoms with Gasteiger partial charge in [-0.05, 0) is 37.3 Å². The van der Waals surface area contributed by atoms with Crippen LogP contribution in [0.1, 0.15) is 38.7 Å². The second-order valence-corrected chi connectivity index (χ2v) is 8.31. The van der Waals surface area contributed by atoms with Crippen LogP contribution in [0, 0.1) is 5.92 Å². The van der Waals surface area contributed by atoms with E-state index in [2.05, 4.69) is 10.2 Å². The van der Waals surface area contributed by atoms with Crippen LogP contribution < -0.4 is 15.0 Å². The molecule has 29 heavy (non-hydrogen) atoms. The van der Waals surface area contributed by atoms with Gasteiger partial charge < -0.3 is 19.7 Å². The van der Waals surface area contributed by atoms with Gasteiger partial charge in [-0.25, -0.2) is 4.79 Å². The predicted molar refractivity (Wildman–Crippen MR) is 112 cm³/mol. The van der Waals surface area contributed by atoms with Crippen molar-refractivity contribution in [1.82, 2.24) is 10.2 Å². The van der Waals surface area contributed by atoms with Crippen LogP contribution in [0.4, 0.5) is 10.5 Å². The van der Waals surface area contributed by atoms with Gasteiger partial charge in [0.1, 0.15) is 12.4 Å². The van der Waals surface area contributed by atoms with Gasteiger partial charge in [-0.1, -0.05) is 19.9 Å². The summed E-state index contributed by atoms with van der Waals surface area (Å²) in [4.78, 5) is 27.8. The molecular formula is C22H33N3O4. The van der Waals surface area contributed by atoms with Crippen molar-refractivity contribution in [2.75, 3.05) is 44.8 Å². The van der Waals surface area contributed by atoms with Crippen molar-refractivity contribution in [2.45, 2.75) is 45.6 Å². The van der Waals surface area contributed by atoms with Crippen LogP contribution in [0.25, 0.3) is 0 Å². The van der Waals surface area contributed by atoms with E-state index in [1.165, 1.54) is 0 Å². The zero-order chi connectivity index (χ0) is 20.8. The summed E-state index contributed by atoms with van der Waals surface area (Å²) in [6.07, 6.45) is 2.80. The van der Waals surface area contributed by atoms with Gasteiger partial charge in [0, 0.05) is 44.7 Å². The van der Waals surface area contributed by atoms with Crippen molar-refractivity contribution in [3.8, 4) is 5.75 Å². The number of benzene rings is 1. The summed E-state index contributed by atoms with van der Waals surface area (Å²) in [6.45, 7) is 7.83. The molecule has 2 aliphatic rings. The molecule has 0 bridgehead atoms. The minimum absolute atomic E-state index is 0.152. The summed E-state index contributed by atoms with van der Waals surface area (Å²) >= 11 is 0. The van der Waals surface area contributed by atoms with E-state index in [0.717, 1.165) is 55.9 Å². The third kappa shape index (κ3) is 5.85. The molecule has 1 aromatic carbocycles. The number of fused-ring (bicyclic) bond motifs is 1. The third-order valence-corrected chi connectivity index (χ3v) is 5.56. The highest BCUT2D eigenvalue weighted by Crippen LogP contribution is 2.33. The average Bonchev–Trinajstić information content (AvgIpc) is 2.71. The number of nitrogens with zero attached hydrogens (tertiary/aromatic N) is 2. The van der Waals surface area contributed by atoms with Gasteiger partial charge in [0.25, 0.3) is 0 Å². The Balaban J connectivity index is 1.40. The SMILES string of the molecule is CC(C)COC(=O)NC1CCN(CCOc2cccc3c2CCC(=O)N3C)CC1. The van der Waals surface area contributed by atoms with Gasteiger partial charge in [0.15, 0.2) is 0 Å². The largest absolute Gasteiger partial charge is 0.492 e. The molecule has 160 valence electrons. The maximum Gasteiger partial charge on any atom is 0.407 e. The van der Waals surface area contributed by atoms with Gasteiger partial charge >= 0.3 is 6.09 Å². The van der Waals surface area contributed by atoms with E-state index in [1.54, 1.807) is 4.90 Å². The molecular weight excluding hydrogens is 370 g/mol. The second kappa shape index (κ2) is 9.96. The lowest BCUT2D eigenvalue weighted by Gasteiger charge is -2.32. The number of alkyl carbamates (subject to hydrolysis) is 1. The predicted octanol–water partition coefficient (Wildman–Crippen LogP) is 2.82. The summed E-state index contributed by atoms with van der Waals surface area (Å²) in [5.41, 5.74) is 2.08. The molecule has 0 saturated carbocycles. The van der Waals surface area contributed by atoms with Crippen molar-refractivity contribution in [2.24, 2.45) is 5.92 Å². The Morgan fingerprint density at radius 1 is 1.24 bits per heavy atom. The van der Waals surface area contributed by atoms with E-state index in [9.17, 15) is 9.59 Å². The van der Waals surface area contributed by atoms with Crippen LogP contribution in [-0.4, -0.2) is 62.8 Å². The Morgan fingerprint density at radius 3 is 2.72 bits per heavy atom. The summed E-state index contributed by atoms with van der Waals surface area (Å²) in [6, 6.07) is 6.09. The molecule has 0 aliphatic carbocycles. The topological polar surface area (TPSA) is 71.1 Å². The normalized spacial score (nSPS) is 17.9. The minimum Gasteiger partial charge on any atom is -0.492 e. The van der Waals surface area contributed by atoms with Crippen LogP contribution >= 0.6 is 0 Å². The quantitative estimate of drug-likeness (QED) is 0.758. The molecule has 2 aliphatic heterocycles. The van der Waals surface area contributed by atoms with Crippen molar-refractivity contribution < 1.29 is 19.1 Å². The number of amides is 2. The van der Waals surface area contributed by atoms with Crippen LogP contribution in [0.15, 0.2) is 18.2 Å². The summed E-state index contributed by atoms with van der Waals surface area (Å²) in [5, 5.41) is 2.97. The summed E-state index contributed by atoms with van der Waals surface area (Å²) in [5.74, 6) is 1.38. The zero-order valence-corrected chi connectivity index (χ0v) is 17.8. The number of rotatable bonds is 7. The first-order valence-electron chi connectivity index (χ1n) is 10.6. The third-order valence-electron chi connectivity index (χ3n) is 5.56. The Bertz CT molecular complexity index is 714. The van der Waals surface area contributed by atoms with E-state index < -0.39 is 0 Å². The molecule has 0 radical (unpaired) electrons. The molecule has 0 aromatic heterocycles. The lowest BCUT2D eigenvalue weighted by molar-refractivity contribution is -0.118. The Labute approximate surface area is 173 Å². The first-order valence-corrected chi connectivity index (χ1v) is 10.6. The van der Waals surface area contributed by atoms with E-state index in [4.69, 9.17) is 9.47 Å². The lowest BCUT2D eigenvalue weighted by Crippen LogP contribution is -2.45. The Kier molecular flexibility index (Phi) is 7.36. The molecule has 0 spiro atoms. The van der Waals surface area contributed by atoms with Crippen LogP contribution in [0.3, 0.4) is 0 Å². The molecule has 1 N–H and O–H groups in total. The number of carbonyl (C=O) groups is 2. The molecule has 1 aromatic rings. The fraction of sp³-hybridized carbons (Fsp3) is 0.636. The van der Waals surface area contributed by atoms with E-state index >= 15 is 0 Å². The molecule has 3 rings (SSSR count). The first kappa shape index (κ1) is 21.4. The molecule has 2 heterocycles. The van der Waals surface area contributed by atoms with Crippen molar-refractivity contribution >= 4 is 17.7 Å². The highest BCUT2D eigenvalue weighted by molar-refractivity contribution is 5.96. The van der Waals surface area contributed by atoms with Gasteiger partial charge in [0.2, 0.25) is 5.91 Å². The van der Waals surface area contributed by atoms with Gasteiger partial charge in [-0.2, -0.15) is 0 Å². The molecule has 7 nitrogen and oxygen atoms in total. The Morgan fingerprint density at radius 2 is 2.00 bits per heavy atom. The number of anilines is 1. The fourth-order valence-electron chi connectivity index (χ4n) is 3.83. The highest BCUT2D eigenvalue weighted by atomic mass is 16.5. The van der Waals surface area contributed by atoms with E-state index in [0.29, 0.717) is 25.6 Å². The fourth-order valence-corrected chi connectivity index (χ4v) is 3.83. The first-order chi connectivity index (χ1) is 13.9. The standard InChI is InChI=1S/C22H33N3O4/c1-16(2)15-29-22(27)23-17-9-11-25(12-10-17)13-14-28-20-6-4-5-19-18(20)7-8-21(26)24(19)3/h4-6,16-17H,7-15H2,1-3H3,(H,23,27). The molecule has 0 unspecified atom stereocenters. The molecule has 1 saturated heterocycles. The number of carbonyl (C=O) groups excluding carboxylic acids is 2. The maximum absolute atomic E-state index is 11.9. The molecule has 1 fully saturated rings. The number of ether oxygens (including phenoxy) is 2. The highest BCUT2D eigenvalue weighted by Gasteiger charge is 2.24. The van der Waals surface area contributed by atoms with Crippen molar-refractivity contribution in [1.29, 1.82) is 0 Å². The van der Waals surface area contributed by atoms with Crippen LogP contribution in [0.2, 0.25) is 0 Å². The van der Waals surface area contributed by atoms with Gasteiger partial charge in [0.05, 0.1) is 12.3 Å². The monoisotopic (exact) mass is 403 g/mol. The maximum atomic E-state index is 11.9. The smallest absolute Gasteiger partial charge is 0.407 e. The van der Waals surface area contributed by atoms with E-state index in [-0.39, 0.29) is 18.0 Å². The summed E-state index contributed by atoms with van der Waals surface area (Å²) < 4.78 is 11.3. The van der Waals surface area contributed by atoms with Crippen molar-refractivity contribution in [3.63, 3.8) is 0 Å². The summed E-state index contributed by atoms with van der Waals surface area (Å²) in [7, 11) is 1.82.